The molecule has 2 aromatic rings. The van der Waals surface area contributed by atoms with E-state index < -0.39 is 12.0 Å². The van der Waals surface area contributed by atoms with E-state index in [0.717, 1.165) is 15.2 Å². The van der Waals surface area contributed by atoms with Gasteiger partial charge in [-0.15, -0.1) is 0 Å². The normalized spacial score (nSPS) is 12.1. The van der Waals surface area contributed by atoms with Crippen LogP contribution in [-0.2, 0) is 4.79 Å². The second kappa shape index (κ2) is 6.02. The number of fused-ring (bicyclic) bond motifs is 1. The third-order valence-corrected chi connectivity index (χ3v) is 3.58. The Bertz CT molecular complexity index is 673. The van der Waals surface area contributed by atoms with Crippen molar-refractivity contribution in [2.75, 3.05) is 6.54 Å². The molecule has 0 saturated heterocycles. The number of aliphatic carboxylic acids is 1. The molecular weight excluding hydrogens is 324 g/mol. The lowest BCUT2D eigenvalue weighted by Crippen LogP contribution is -2.42. The van der Waals surface area contributed by atoms with Gasteiger partial charge in [-0.2, -0.15) is 0 Å². The minimum atomic E-state index is -1.15. The molecule has 1 unspecified atom stereocenters. The average molecular weight is 337 g/mol. The first-order valence-electron chi connectivity index (χ1n) is 5.94. The topological polar surface area (TPSA) is 92.4 Å². The Balaban J connectivity index is 2.17. The quantitative estimate of drug-likeness (QED) is 0.792. The first-order valence-corrected chi connectivity index (χ1v) is 6.73. The van der Waals surface area contributed by atoms with Gasteiger partial charge in [-0.25, -0.2) is 0 Å². The van der Waals surface area contributed by atoms with Crippen molar-refractivity contribution in [3.63, 3.8) is 0 Å². The molecule has 104 valence electrons. The van der Waals surface area contributed by atoms with Gasteiger partial charge in [0.1, 0.15) is 6.04 Å². The van der Waals surface area contributed by atoms with Crippen LogP contribution in [0.3, 0.4) is 0 Å². The summed E-state index contributed by atoms with van der Waals surface area (Å²) < 4.78 is 0.954. The van der Waals surface area contributed by atoms with E-state index in [1.807, 2.05) is 24.3 Å². The van der Waals surface area contributed by atoms with Crippen LogP contribution in [0.5, 0.6) is 0 Å². The SMILES string of the molecule is NC(CNC(=O)c1ccc2c(Br)cccc2c1)C(=O)O. The smallest absolute Gasteiger partial charge is 0.322 e. The predicted octanol–water partition coefficient (Wildman–Crippen LogP) is 1.74. The standard InChI is InChI=1S/C14H13BrN2O3/c15-11-3-1-2-8-6-9(4-5-10(8)11)13(18)17-7-12(16)14(19)20/h1-6,12H,7,16H2,(H,17,18)(H,19,20). The molecule has 0 aliphatic heterocycles. The molecule has 20 heavy (non-hydrogen) atoms. The third kappa shape index (κ3) is 3.15. The highest BCUT2D eigenvalue weighted by molar-refractivity contribution is 9.10. The zero-order chi connectivity index (χ0) is 14.7. The van der Waals surface area contributed by atoms with E-state index in [0.29, 0.717) is 5.56 Å². The highest BCUT2D eigenvalue weighted by atomic mass is 79.9. The molecule has 1 amide bonds. The summed E-state index contributed by atoms with van der Waals surface area (Å²) in [5, 5.41) is 13.1. The molecule has 1 atom stereocenters. The largest absolute Gasteiger partial charge is 0.480 e. The van der Waals surface area contributed by atoms with E-state index in [4.69, 9.17) is 10.8 Å². The Morgan fingerprint density at radius 3 is 2.75 bits per heavy atom. The van der Waals surface area contributed by atoms with Gasteiger partial charge in [0.2, 0.25) is 0 Å². The second-order valence-corrected chi connectivity index (χ2v) is 5.18. The van der Waals surface area contributed by atoms with Crippen LogP contribution in [0, 0.1) is 0 Å². The molecule has 0 aliphatic rings. The molecule has 4 N–H and O–H groups in total. The van der Waals surface area contributed by atoms with E-state index >= 15 is 0 Å². The number of benzene rings is 2. The highest BCUT2D eigenvalue weighted by Crippen LogP contribution is 2.24. The minimum absolute atomic E-state index is 0.106. The summed E-state index contributed by atoms with van der Waals surface area (Å²) in [5.41, 5.74) is 5.80. The number of hydrogen-bond donors (Lipinski definition) is 3. The summed E-state index contributed by atoms with van der Waals surface area (Å²) in [7, 11) is 0. The van der Waals surface area contributed by atoms with Crippen molar-refractivity contribution >= 4 is 38.6 Å². The Labute approximate surface area is 123 Å². The van der Waals surface area contributed by atoms with Crippen LogP contribution < -0.4 is 11.1 Å². The number of carboxylic acids is 1. The van der Waals surface area contributed by atoms with Crippen molar-refractivity contribution in [3.05, 3.63) is 46.4 Å². The van der Waals surface area contributed by atoms with Gasteiger partial charge in [0.15, 0.2) is 0 Å². The summed E-state index contributed by atoms with van der Waals surface area (Å²) in [6.07, 6.45) is 0. The Morgan fingerprint density at radius 2 is 2.05 bits per heavy atom. The number of nitrogens with one attached hydrogen (secondary N) is 1. The number of nitrogens with two attached hydrogens (primary N) is 1. The Kier molecular flexibility index (Phi) is 4.36. The predicted molar refractivity (Wildman–Crippen MR) is 79.6 cm³/mol. The van der Waals surface area contributed by atoms with Gasteiger partial charge in [-0.05, 0) is 29.0 Å². The van der Waals surface area contributed by atoms with E-state index in [2.05, 4.69) is 21.2 Å². The average Bonchev–Trinajstić information content (AvgIpc) is 2.44. The highest BCUT2D eigenvalue weighted by Gasteiger charge is 2.13. The van der Waals surface area contributed by atoms with Gasteiger partial charge < -0.3 is 16.2 Å². The number of halogens is 1. The van der Waals surface area contributed by atoms with Crippen LogP contribution in [0.25, 0.3) is 10.8 Å². The summed E-state index contributed by atoms with van der Waals surface area (Å²) in [6, 6.07) is 9.89. The summed E-state index contributed by atoms with van der Waals surface area (Å²) in [5.74, 6) is -1.49. The Hall–Kier alpha value is -1.92. The zero-order valence-electron chi connectivity index (χ0n) is 10.5. The number of rotatable bonds is 4. The van der Waals surface area contributed by atoms with Gasteiger partial charge in [0, 0.05) is 16.6 Å². The van der Waals surface area contributed by atoms with Crippen LogP contribution in [0.1, 0.15) is 10.4 Å². The number of carboxylic acid groups (broad SMARTS) is 1. The van der Waals surface area contributed by atoms with E-state index in [-0.39, 0.29) is 12.5 Å². The maximum atomic E-state index is 11.9. The van der Waals surface area contributed by atoms with Crippen molar-refractivity contribution in [1.29, 1.82) is 0 Å². The van der Waals surface area contributed by atoms with Gasteiger partial charge in [-0.1, -0.05) is 34.1 Å². The fraction of sp³-hybridized carbons (Fsp3) is 0.143. The summed E-state index contributed by atoms with van der Waals surface area (Å²) in [4.78, 5) is 22.5. The van der Waals surface area contributed by atoms with Crippen molar-refractivity contribution in [2.45, 2.75) is 6.04 Å². The fourth-order valence-corrected chi connectivity index (χ4v) is 2.29. The lowest BCUT2D eigenvalue weighted by atomic mass is 10.1. The van der Waals surface area contributed by atoms with Crippen LogP contribution in [0.4, 0.5) is 0 Å². The van der Waals surface area contributed by atoms with Crippen molar-refractivity contribution in [3.8, 4) is 0 Å². The van der Waals surface area contributed by atoms with Crippen LogP contribution in [-0.4, -0.2) is 29.6 Å². The fourth-order valence-electron chi connectivity index (χ4n) is 1.78. The minimum Gasteiger partial charge on any atom is -0.480 e. The Morgan fingerprint density at radius 1 is 1.30 bits per heavy atom. The molecule has 0 fully saturated rings. The van der Waals surface area contributed by atoms with E-state index in [9.17, 15) is 9.59 Å². The molecule has 2 aromatic carbocycles. The lowest BCUT2D eigenvalue weighted by molar-refractivity contribution is -0.138. The van der Waals surface area contributed by atoms with Crippen molar-refractivity contribution < 1.29 is 14.7 Å². The van der Waals surface area contributed by atoms with Crippen LogP contribution in [0.2, 0.25) is 0 Å². The molecule has 0 radical (unpaired) electrons. The molecule has 0 aliphatic carbocycles. The first kappa shape index (κ1) is 14.5. The summed E-state index contributed by atoms with van der Waals surface area (Å²) >= 11 is 3.44. The number of hydrogen-bond acceptors (Lipinski definition) is 3. The van der Waals surface area contributed by atoms with Crippen LogP contribution in [0.15, 0.2) is 40.9 Å². The second-order valence-electron chi connectivity index (χ2n) is 4.33. The molecule has 6 heteroatoms. The zero-order valence-corrected chi connectivity index (χ0v) is 12.1. The van der Waals surface area contributed by atoms with E-state index in [1.165, 1.54) is 0 Å². The van der Waals surface area contributed by atoms with Crippen LogP contribution >= 0.6 is 15.9 Å². The molecule has 0 heterocycles. The molecule has 0 bridgehead atoms. The maximum absolute atomic E-state index is 11.9. The van der Waals surface area contributed by atoms with E-state index in [1.54, 1.807) is 12.1 Å². The molecular formula is C14H13BrN2O3. The van der Waals surface area contributed by atoms with Gasteiger partial charge >= 0.3 is 5.97 Å². The molecule has 0 saturated carbocycles. The maximum Gasteiger partial charge on any atom is 0.322 e. The summed E-state index contributed by atoms with van der Waals surface area (Å²) in [6.45, 7) is -0.106. The molecule has 0 spiro atoms. The number of amides is 1. The lowest BCUT2D eigenvalue weighted by Gasteiger charge is -2.09. The monoisotopic (exact) mass is 336 g/mol. The third-order valence-electron chi connectivity index (χ3n) is 2.89. The van der Waals surface area contributed by atoms with Gasteiger partial charge in [0.05, 0.1) is 0 Å². The molecule has 2 rings (SSSR count). The number of carbonyl (C=O) groups is 2. The van der Waals surface area contributed by atoms with Gasteiger partial charge in [0.25, 0.3) is 5.91 Å². The number of carbonyl (C=O) groups excluding carboxylic acids is 1. The van der Waals surface area contributed by atoms with Gasteiger partial charge in [-0.3, -0.25) is 9.59 Å². The molecule has 5 nitrogen and oxygen atoms in total. The van der Waals surface area contributed by atoms with Crippen molar-refractivity contribution in [2.24, 2.45) is 5.73 Å². The molecule has 0 aromatic heterocycles. The first-order chi connectivity index (χ1) is 9.49. The van der Waals surface area contributed by atoms with Crippen molar-refractivity contribution in [1.82, 2.24) is 5.32 Å².